The molecular formula is C30H22ClN5O3S. The van der Waals surface area contributed by atoms with Crippen LogP contribution in [0.25, 0.3) is 28.0 Å². The van der Waals surface area contributed by atoms with Gasteiger partial charge < -0.3 is 4.74 Å². The van der Waals surface area contributed by atoms with E-state index in [2.05, 4.69) is 10.1 Å². The molecule has 0 radical (unpaired) electrons. The maximum absolute atomic E-state index is 13.4. The highest BCUT2D eigenvalue weighted by Gasteiger charge is 2.16. The average Bonchev–Trinajstić information content (AvgIpc) is 3.51. The van der Waals surface area contributed by atoms with Crippen molar-refractivity contribution in [2.24, 2.45) is 0 Å². The van der Waals surface area contributed by atoms with E-state index in [0.717, 1.165) is 33.7 Å². The third-order valence-corrected chi connectivity index (χ3v) is 7.67. The monoisotopic (exact) mass is 567 g/mol. The summed E-state index contributed by atoms with van der Waals surface area (Å²) in [6.07, 6.45) is 3.88. The third-order valence-electron chi connectivity index (χ3n) is 6.42. The van der Waals surface area contributed by atoms with Gasteiger partial charge in [-0.25, -0.2) is 4.68 Å². The van der Waals surface area contributed by atoms with E-state index in [1.54, 1.807) is 30.0 Å². The lowest BCUT2D eigenvalue weighted by Gasteiger charge is -2.05. The van der Waals surface area contributed by atoms with Crippen LogP contribution in [-0.2, 0) is 6.42 Å². The molecule has 0 bridgehead atoms. The number of aryl methyl sites for hydroxylation is 1. The SMILES string of the molecule is COc1ccc(-c2nn(-c3ccccc3)cc2/C=c2\sc3nc(=O)c(Cc4ccc(C)cc4)nn3c2=O)cc1Cl. The van der Waals surface area contributed by atoms with Crippen LogP contribution in [0.1, 0.15) is 22.4 Å². The number of rotatable bonds is 6. The van der Waals surface area contributed by atoms with E-state index in [1.807, 2.05) is 73.8 Å². The first-order valence-corrected chi connectivity index (χ1v) is 13.6. The Morgan fingerprint density at radius 1 is 1.00 bits per heavy atom. The summed E-state index contributed by atoms with van der Waals surface area (Å²) in [7, 11) is 1.56. The molecule has 0 saturated carbocycles. The van der Waals surface area contributed by atoms with Gasteiger partial charge in [-0.05, 0) is 48.9 Å². The molecule has 0 aliphatic carbocycles. The Morgan fingerprint density at radius 2 is 1.77 bits per heavy atom. The summed E-state index contributed by atoms with van der Waals surface area (Å²) in [5, 5.41) is 9.64. The highest BCUT2D eigenvalue weighted by molar-refractivity contribution is 7.15. The maximum atomic E-state index is 13.4. The second-order valence-corrected chi connectivity index (χ2v) is 10.6. The summed E-state index contributed by atoms with van der Waals surface area (Å²) in [5.41, 5.74) is 4.38. The van der Waals surface area contributed by atoms with Crippen molar-refractivity contribution in [2.75, 3.05) is 7.11 Å². The van der Waals surface area contributed by atoms with Crippen LogP contribution in [0.2, 0.25) is 5.02 Å². The molecule has 3 aromatic carbocycles. The van der Waals surface area contributed by atoms with Crippen molar-refractivity contribution < 1.29 is 4.74 Å². The van der Waals surface area contributed by atoms with Crippen molar-refractivity contribution in [3.63, 3.8) is 0 Å². The number of aromatic nitrogens is 5. The van der Waals surface area contributed by atoms with Crippen LogP contribution in [0.3, 0.4) is 0 Å². The summed E-state index contributed by atoms with van der Waals surface area (Å²) in [6, 6.07) is 22.9. The first kappa shape index (κ1) is 25.7. The van der Waals surface area contributed by atoms with E-state index in [1.165, 1.54) is 4.52 Å². The minimum Gasteiger partial charge on any atom is -0.495 e. The largest absolute Gasteiger partial charge is 0.495 e. The second-order valence-electron chi connectivity index (χ2n) is 9.20. The van der Waals surface area contributed by atoms with Crippen LogP contribution >= 0.6 is 22.9 Å². The first-order valence-electron chi connectivity index (χ1n) is 12.4. The molecule has 0 amide bonds. The van der Waals surface area contributed by atoms with E-state index in [4.69, 9.17) is 21.4 Å². The van der Waals surface area contributed by atoms with Gasteiger partial charge in [0.25, 0.3) is 11.1 Å². The van der Waals surface area contributed by atoms with Gasteiger partial charge in [-0.15, -0.1) is 0 Å². The Morgan fingerprint density at radius 3 is 2.50 bits per heavy atom. The number of benzene rings is 3. The summed E-state index contributed by atoms with van der Waals surface area (Å²) in [5.74, 6) is 0.549. The van der Waals surface area contributed by atoms with Gasteiger partial charge in [-0.2, -0.15) is 19.7 Å². The van der Waals surface area contributed by atoms with E-state index in [0.29, 0.717) is 26.6 Å². The number of ether oxygens (including phenoxy) is 1. The lowest BCUT2D eigenvalue weighted by atomic mass is 10.1. The molecule has 0 aliphatic rings. The van der Waals surface area contributed by atoms with Crippen LogP contribution in [0.4, 0.5) is 0 Å². The number of nitrogens with zero attached hydrogens (tertiary/aromatic N) is 5. The van der Waals surface area contributed by atoms with Crippen LogP contribution in [0, 0.1) is 6.92 Å². The van der Waals surface area contributed by atoms with Crippen molar-refractivity contribution in [1.82, 2.24) is 24.4 Å². The van der Waals surface area contributed by atoms with E-state index in [9.17, 15) is 9.59 Å². The molecule has 3 heterocycles. The Bertz CT molecular complexity index is 2030. The molecule has 8 nitrogen and oxygen atoms in total. The normalized spacial score (nSPS) is 11.8. The molecule has 10 heteroatoms. The molecule has 3 aromatic heterocycles. The number of hydrogen-bond donors (Lipinski definition) is 0. The minimum atomic E-state index is -0.446. The summed E-state index contributed by atoms with van der Waals surface area (Å²) in [4.78, 5) is 30.6. The Hall–Kier alpha value is -4.60. The lowest BCUT2D eigenvalue weighted by Crippen LogP contribution is -2.28. The van der Waals surface area contributed by atoms with Gasteiger partial charge in [0.15, 0.2) is 0 Å². The minimum absolute atomic E-state index is 0.216. The predicted octanol–water partition coefficient (Wildman–Crippen LogP) is 4.47. The van der Waals surface area contributed by atoms with Gasteiger partial charge in [0.05, 0.1) is 22.4 Å². The van der Waals surface area contributed by atoms with Gasteiger partial charge in [0.2, 0.25) is 4.96 Å². The number of thiazole rings is 1. The van der Waals surface area contributed by atoms with Crippen molar-refractivity contribution in [2.45, 2.75) is 13.3 Å². The Labute approximate surface area is 237 Å². The Balaban J connectivity index is 1.48. The summed E-state index contributed by atoms with van der Waals surface area (Å²) >= 11 is 7.53. The fraction of sp³-hybridized carbons (Fsp3) is 0.100. The average molecular weight is 568 g/mol. The number of halogens is 1. The lowest BCUT2D eigenvalue weighted by molar-refractivity contribution is 0.415. The number of fused-ring (bicyclic) bond motifs is 1. The van der Waals surface area contributed by atoms with Gasteiger partial charge in [0, 0.05) is 23.7 Å². The van der Waals surface area contributed by atoms with Crippen molar-refractivity contribution >= 4 is 34.0 Å². The van der Waals surface area contributed by atoms with E-state index < -0.39 is 5.56 Å². The van der Waals surface area contributed by atoms with Crippen molar-refractivity contribution in [1.29, 1.82) is 0 Å². The van der Waals surface area contributed by atoms with Crippen LogP contribution < -0.4 is 20.4 Å². The Kier molecular flexibility index (Phi) is 6.75. The van der Waals surface area contributed by atoms with Crippen molar-refractivity contribution in [3.05, 3.63) is 132 Å². The fourth-order valence-corrected chi connectivity index (χ4v) is 5.49. The zero-order valence-corrected chi connectivity index (χ0v) is 23.1. The van der Waals surface area contributed by atoms with Crippen LogP contribution in [0.5, 0.6) is 5.75 Å². The molecule has 0 N–H and O–H groups in total. The van der Waals surface area contributed by atoms with Gasteiger partial charge >= 0.3 is 0 Å². The number of para-hydroxylation sites is 1. The molecule has 0 saturated heterocycles. The maximum Gasteiger partial charge on any atom is 0.296 e. The first-order chi connectivity index (χ1) is 19.4. The van der Waals surface area contributed by atoms with E-state index in [-0.39, 0.29) is 22.6 Å². The zero-order chi connectivity index (χ0) is 27.8. The predicted molar refractivity (Wildman–Crippen MR) is 157 cm³/mol. The number of methoxy groups -OCH3 is 1. The highest BCUT2D eigenvalue weighted by atomic mass is 35.5. The molecule has 0 unspecified atom stereocenters. The molecule has 40 heavy (non-hydrogen) atoms. The molecule has 0 fully saturated rings. The second kappa shape index (κ2) is 10.5. The zero-order valence-electron chi connectivity index (χ0n) is 21.5. The van der Waals surface area contributed by atoms with Crippen LogP contribution in [0.15, 0.2) is 88.6 Å². The summed E-state index contributed by atoms with van der Waals surface area (Å²) in [6.45, 7) is 2.00. The molecule has 0 spiro atoms. The quantitative estimate of drug-likeness (QED) is 0.295. The van der Waals surface area contributed by atoms with E-state index >= 15 is 0 Å². The standard InChI is InChI=1S/C30H22ClN5O3S/c1-18-8-10-19(11-9-18)14-24-28(37)32-30-36(33-24)29(38)26(40-30)16-21-17-35(22-6-4-3-5-7-22)34-27(21)20-12-13-25(39-2)23(31)15-20/h3-13,15-17H,14H2,1-2H3/b26-16-. The van der Waals surface area contributed by atoms with Gasteiger partial charge in [-0.1, -0.05) is 71.0 Å². The molecule has 0 aliphatic heterocycles. The highest BCUT2D eigenvalue weighted by Crippen LogP contribution is 2.32. The van der Waals surface area contributed by atoms with Crippen LogP contribution in [-0.4, -0.2) is 31.5 Å². The molecule has 6 aromatic rings. The molecular weight excluding hydrogens is 546 g/mol. The van der Waals surface area contributed by atoms with Gasteiger partial charge in [0.1, 0.15) is 17.1 Å². The smallest absolute Gasteiger partial charge is 0.296 e. The van der Waals surface area contributed by atoms with Gasteiger partial charge in [-0.3, -0.25) is 9.59 Å². The van der Waals surface area contributed by atoms with Crippen molar-refractivity contribution in [3.8, 4) is 22.7 Å². The fourth-order valence-electron chi connectivity index (χ4n) is 4.34. The number of hydrogen-bond acceptors (Lipinski definition) is 7. The molecule has 6 rings (SSSR count). The third kappa shape index (κ3) is 4.92. The summed E-state index contributed by atoms with van der Waals surface area (Å²) < 4.78 is 8.62. The molecule has 198 valence electrons. The molecule has 0 atom stereocenters. The topological polar surface area (TPSA) is 91.4 Å².